The summed E-state index contributed by atoms with van der Waals surface area (Å²) in [5.41, 5.74) is 0.784. The Morgan fingerprint density at radius 2 is 2.10 bits per heavy atom. The average Bonchev–Trinajstić information content (AvgIpc) is 2.83. The first-order chi connectivity index (χ1) is 9.90. The first-order valence-electron chi connectivity index (χ1n) is 6.57. The minimum Gasteiger partial charge on any atom is -0.309 e. The SMILES string of the molecule is CCNC(Cc1csc(C)n1)c1ccc(C(F)(F)F)cn1. The van der Waals surface area contributed by atoms with Gasteiger partial charge in [-0.15, -0.1) is 11.3 Å². The molecule has 1 N–H and O–H groups in total. The Balaban J connectivity index is 2.17. The van der Waals surface area contributed by atoms with Crippen LogP contribution in [0.1, 0.15) is 34.9 Å². The van der Waals surface area contributed by atoms with Gasteiger partial charge in [0.15, 0.2) is 0 Å². The highest BCUT2D eigenvalue weighted by Crippen LogP contribution is 2.29. The van der Waals surface area contributed by atoms with Crippen LogP contribution in [-0.2, 0) is 12.6 Å². The summed E-state index contributed by atoms with van der Waals surface area (Å²) in [5.74, 6) is 0. The smallest absolute Gasteiger partial charge is 0.309 e. The minimum absolute atomic E-state index is 0.140. The molecule has 3 nitrogen and oxygen atoms in total. The highest BCUT2D eigenvalue weighted by Gasteiger charge is 2.31. The minimum atomic E-state index is -4.36. The maximum atomic E-state index is 12.6. The number of rotatable bonds is 5. The summed E-state index contributed by atoms with van der Waals surface area (Å²) in [7, 11) is 0. The van der Waals surface area contributed by atoms with Gasteiger partial charge >= 0.3 is 6.18 Å². The number of hydrogen-bond donors (Lipinski definition) is 1. The van der Waals surface area contributed by atoms with E-state index in [0.717, 1.165) is 23.0 Å². The molecule has 2 rings (SSSR count). The molecule has 2 aromatic heterocycles. The van der Waals surface area contributed by atoms with Crippen LogP contribution in [-0.4, -0.2) is 16.5 Å². The van der Waals surface area contributed by atoms with Gasteiger partial charge in [0.05, 0.1) is 28.0 Å². The summed E-state index contributed by atoms with van der Waals surface area (Å²) in [6.07, 6.45) is -2.87. The first-order valence-corrected chi connectivity index (χ1v) is 7.45. The van der Waals surface area contributed by atoms with Crippen LogP contribution in [0.4, 0.5) is 13.2 Å². The van der Waals surface area contributed by atoms with E-state index in [2.05, 4.69) is 15.3 Å². The van der Waals surface area contributed by atoms with Crippen LogP contribution >= 0.6 is 11.3 Å². The van der Waals surface area contributed by atoms with Crippen molar-refractivity contribution in [2.45, 2.75) is 32.5 Å². The Kier molecular flexibility index (Phi) is 4.95. The van der Waals surface area contributed by atoms with Crippen molar-refractivity contribution in [2.24, 2.45) is 0 Å². The number of nitrogens with one attached hydrogen (secondary N) is 1. The number of hydrogen-bond acceptors (Lipinski definition) is 4. The summed E-state index contributed by atoms with van der Waals surface area (Å²) in [5, 5.41) is 6.17. The van der Waals surface area contributed by atoms with Gasteiger partial charge in [0.2, 0.25) is 0 Å². The fourth-order valence-electron chi connectivity index (χ4n) is 2.02. The number of aromatic nitrogens is 2. The van der Waals surface area contributed by atoms with Crippen LogP contribution in [0, 0.1) is 6.92 Å². The molecule has 0 saturated carbocycles. The molecule has 1 unspecified atom stereocenters. The van der Waals surface area contributed by atoms with Crippen LogP contribution in [0.25, 0.3) is 0 Å². The molecule has 0 amide bonds. The van der Waals surface area contributed by atoms with E-state index in [1.165, 1.54) is 6.07 Å². The molecule has 0 aliphatic carbocycles. The van der Waals surface area contributed by atoms with Gasteiger partial charge in [-0.25, -0.2) is 4.98 Å². The van der Waals surface area contributed by atoms with Gasteiger partial charge in [-0.3, -0.25) is 4.98 Å². The van der Waals surface area contributed by atoms with Crippen molar-refractivity contribution in [1.29, 1.82) is 0 Å². The zero-order chi connectivity index (χ0) is 15.5. The molecule has 7 heteroatoms. The second-order valence-corrected chi connectivity index (χ2v) is 5.70. The van der Waals surface area contributed by atoms with Gasteiger partial charge in [0.1, 0.15) is 0 Å². The molecule has 2 aromatic rings. The van der Waals surface area contributed by atoms with Crippen LogP contribution < -0.4 is 5.32 Å². The molecule has 2 heterocycles. The van der Waals surface area contributed by atoms with E-state index in [1.807, 2.05) is 19.2 Å². The maximum absolute atomic E-state index is 12.6. The number of thiazole rings is 1. The maximum Gasteiger partial charge on any atom is 0.417 e. The molecule has 114 valence electrons. The number of nitrogens with zero attached hydrogens (tertiary/aromatic N) is 2. The zero-order valence-electron chi connectivity index (χ0n) is 11.7. The zero-order valence-corrected chi connectivity index (χ0v) is 12.6. The molecule has 0 bridgehead atoms. The highest BCUT2D eigenvalue weighted by molar-refractivity contribution is 7.09. The molecule has 0 aliphatic rings. The van der Waals surface area contributed by atoms with Gasteiger partial charge in [-0.05, 0) is 25.6 Å². The number of pyridine rings is 1. The number of halogens is 3. The van der Waals surface area contributed by atoms with Crippen molar-refractivity contribution < 1.29 is 13.2 Å². The topological polar surface area (TPSA) is 37.8 Å². The summed E-state index contributed by atoms with van der Waals surface area (Å²) in [4.78, 5) is 8.35. The lowest BCUT2D eigenvalue weighted by Gasteiger charge is -2.17. The molecule has 1 atom stereocenters. The van der Waals surface area contributed by atoms with Crippen LogP contribution in [0.2, 0.25) is 0 Å². The molecule has 0 spiro atoms. The van der Waals surface area contributed by atoms with Crippen molar-refractivity contribution in [2.75, 3.05) is 6.54 Å². The molecule has 0 radical (unpaired) electrons. The molecular weight excluding hydrogens is 299 g/mol. The summed E-state index contributed by atoms with van der Waals surface area (Å²) >= 11 is 1.56. The van der Waals surface area contributed by atoms with Crippen LogP contribution in [0.3, 0.4) is 0 Å². The quantitative estimate of drug-likeness (QED) is 0.913. The Bertz CT molecular complexity index is 578. The molecule has 0 aromatic carbocycles. The van der Waals surface area contributed by atoms with Gasteiger partial charge in [0, 0.05) is 18.0 Å². The lowest BCUT2D eigenvalue weighted by atomic mass is 10.1. The van der Waals surface area contributed by atoms with E-state index in [4.69, 9.17) is 0 Å². The Morgan fingerprint density at radius 1 is 1.33 bits per heavy atom. The van der Waals surface area contributed by atoms with E-state index < -0.39 is 11.7 Å². The van der Waals surface area contributed by atoms with Gasteiger partial charge in [-0.1, -0.05) is 6.92 Å². The van der Waals surface area contributed by atoms with E-state index >= 15 is 0 Å². The fourth-order valence-corrected chi connectivity index (χ4v) is 2.64. The monoisotopic (exact) mass is 315 g/mol. The predicted molar refractivity (Wildman–Crippen MR) is 76.2 cm³/mol. The fraction of sp³-hybridized carbons (Fsp3) is 0.429. The Labute approximate surface area is 125 Å². The molecule has 0 saturated heterocycles. The standard InChI is InChI=1S/C14H16F3N3S/c1-3-18-13(6-11-8-21-9(2)20-11)12-5-4-10(7-19-12)14(15,16)17/h4-5,7-8,13,18H,3,6H2,1-2H3. The average molecular weight is 315 g/mol. The van der Waals surface area contributed by atoms with Crippen molar-refractivity contribution in [3.05, 3.63) is 45.7 Å². The van der Waals surface area contributed by atoms with Crippen LogP contribution in [0.5, 0.6) is 0 Å². The van der Waals surface area contributed by atoms with E-state index in [-0.39, 0.29) is 6.04 Å². The number of aryl methyl sites for hydroxylation is 1. The van der Waals surface area contributed by atoms with Crippen molar-refractivity contribution in [1.82, 2.24) is 15.3 Å². The number of alkyl halides is 3. The first kappa shape index (κ1) is 15.9. The Hall–Kier alpha value is -1.47. The van der Waals surface area contributed by atoms with E-state index in [0.29, 0.717) is 18.7 Å². The molecular formula is C14H16F3N3S. The highest BCUT2D eigenvalue weighted by atomic mass is 32.1. The Morgan fingerprint density at radius 3 is 2.57 bits per heavy atom. The third-order valence-electron chi connectivity index (χ3n) is 3.00. The molecule has 0 aliphatic heterocycles. The van der Waals surface area contributed by atoms with Crippen molar-refractivity contribution >= 4 is 11.3 Å². The van der Waals surface area contributed by atoms with Crippen molar-refractivity contribution in [3.8, 4) is 0 Å². The van der Waals surface area contributed by atoms with E-state index in [1.54, 1.807) is 11.3 Å². The second kappa shape index (κ2) is 6.53. The lowest BCUT2D eigenvalue weighted by Crippen LogP contribution is -2.24. The van der Waals surface area contributed by atoms with Crippen LogP contribution in [0.15, 0.2) is 23.7 Å². The lowest BCUT2D eigenvalue weighted by molar-refractivity contribution is -0.137. The van der Waals surface area contributed by atoms with Gasteiger partial charge in [-0.2, -0.15) is 13.2 Å². The largest absolute Gasteiger partial charge is 0.417 e. The van der Waals surface area contributed by atoms with Gasteiger partial charge in [0.25, 0.3) is 0 Å². The summed E-state index contributed by atoms with van der Waals surface area (Å²) in [6.45, 7) is 4.58. The van der Waals surface area contributed by atoms with Gasteiger partial charge < -0.3 is 5.32 Å². The normalized spacial score (nSPS) is 13.4. The predicted octanol–water partition coefficient (Wildman–Crippen LogP) is 3.76. The third kappa shape index (κ3) is 4.25. The van der Waals surface area contributed by atoms with Crippen molar-refractivity contribution in [3.63, 3.8) is 0 Å². The molecule has 21 heavy (non-hydrogen) atoms. The second-order valence-electron chi connectivity index (χ2n) is 4.64. The molecule has 0 fully saturated rings. The summed E-state index contributed by atoms with van der Waals surface area (Å²) in [6, 6.07) is 2.35. The number of likely N-dealkylation sites (N-methyl/N-ethyl adjacent to an activating group) is 1. The van der Waals surface area contributed by atoms with E-state index in [9.17, 15) is 13.2 Å². The summed E-state index contributed by atoms with van der Waals surface area (Å²) < 4.78 is 37.7. The third-order valence-corrected chi connectivity index (χ3v) is 3.82.